The third-order valence-corrected chi connectivity index (χ3v) is 5.92. The van der Waals surface area contributed by atoms with Crippen molar-refractivity contribution in [3.8, 4) is 0 Å². The predicted molar refractivity (Wildman–Crippen MR) is 124 cm³/mol. The summed E-state index contributed by atoms with van der Waals surface area (Å²) in [4.78, 5) is 26.5. The van der Waals surface area contributed by atoms with Gasteiger partial charge in [0.1, 0.15) is 5.58 Å². The lowest BCUT2D eigenvalue weighted by Gasteiger charge is -2.35. The summed E-state index contributed by atoms with van der Waals surface area (Å²) in [5, 5.41) is 3.98. The smallest absolute Gasteiger partial charge is 0.256 e. The summed E-state index contributed by atoms with van der Waals surface area (Å²) in [6.07, 6.45) is 4.79. The Bertz CT molecular complexity index is 1090. The predicted octanol–water partition coefficient (Wildman–Crippen LogP) is 5.72. The van der Waals surface area contributed by atoms with Gasteiger partial charge >= 0.3 is 0 Å². The number of benzene rings is 2. The summed E-state index contributed by atoms with van der Waals surface area (Å²) in [7, 11) is 0. The van der Waals surface area contributed by atoms with Crippen molar-refractivity contribution in [2.24, 2.45) is 5.41 Å². The molecule has 2 aromatic carbocycles. The average molecular weight is 419 g/mol. The van der Waals surface area contributed by atoms with Gasteiger partial charge in [-0.15, -0.1) is 0 Å². The maximum atomic E-state index is 12.7. The number of amides is 1. The summed E-state index contributed by atoms with van der Waals surface area (Å²) in [6, 6.07) is 12.5. The number of furan rings is 1. The molecule has 2 heterocycles. The van der Waals surface area contributed by atoms with E-state index in [4.69, 9.17) is 4.42 Å². The van der Waals surface area contributed by atoms with E-state index in [-0.39, 0.29) is 5.91 Å². The normalized spacial score (nSPS) is 15.8. The first-order valence-corrected chi connectivity index (χ1v) is 10.9. The number of anilines is 1. The van der Waals surface area contributed by atoms with Crippen molar-refractivity contribution in [2.45, 2.75) is 39.5 Å². The number of carbonyl (C=O) groups excluding carboxylic acids is 2. The summed E-state index contributed by atoms with van der Waals surface area (Å²) in [5.74, 6) is 0.168. The zero-order valence-corrected chi connectivity index (χ0v) is 18.5. The Morgan fingerprint density at radius 2 is 1.90 bits per heavy atom. The number of nitrogens with zero attached hydrogens (tertiary/aromatic N) is 1. The maximum absolute atomic E-state index is 12.7. The maximum Gasteiger partial charge on any atom is 0.256 e. The molecule has 5 nitrogen and oxygen atoms in total. The molecule has 1 aliphatic heterocycles. The lowest BCUT2D eigenvalue weighted by molar-refractivity contribution is 0.101. The summed E-state index contributed by atoms with van der Waals surface area (Å²) >= 11 is 0. The lowest BCUT2D eigenvalue weighted by atomic mass is 9.87. The van der Waals surface area contributed by atoms with Crippen LogP contribution >= 0.6 is 0 Å². The monoisotopic (exact) mass is 418 g/mol. The van der Waals surface area contributed by atoms with Crippen LogP contribution in [-0.2, 0) is 0 Å². The minimum absolute atomic E-state index is 0.289. The van der Waals surface area contributed by atoms with Crippen LogP contribution in [0.15, 0.2) is 53.1 Å². The molecular formula is C26H30N2O3. The molecule has 0 aliphatic carbocycles. The quantitative estimate of drug-likeness (QED) is 0.538. The Kier molecular flexibility index (Phi) is 5.96. The van der Waals surface area contributed by atoms with Gasteiger partial charge in [-0.25, -0.2) is 0 Å². The standard InChI is InChI=1S/C26H30N2O3/c1-26(2,3)17-28-12-10-18(11-13-28)23-16-31-24-9-8-20(14-22(23)24)27-25(30)21-7-5-4-6-19(21)15-29/h4-9,14-16,18H,10-13,17H2,1-3H3,(H,27,30). The SMILES string of the molecule is CC(C)(C)CN1CCC(c2coc3ccc(NC(=O)c4ccccc4C=O)cc23)CC1. The third kappa shape index (κ3) is 4.88. The molecule has 1 saturated heterocycles. The van der Waals surface area contributed by atoms with Crippen molar-refractivity contribution in [3.05, 3.63) is 65.4 Å². The molecule has 1 amide bonds. The van der Waals surface area contributed by atoms with Gasteiger partial charge in [-0.2, -0.15) is 0 Å². The fraction of sp³-hybridized carbons (Fsp3) is 0.385. The molecule has 31 heavy (non-hydrogen) atoms. The highest BCUT2D eigenvalue weighted by atomic mass is 16.3. The van der Waals surface area contributed by atoms with Crippen LogP contribution in [0.1, 0.15) is 65.8 Å². The van der Waals surface area contributed by atoms with Crippen LogP contribution in [0.4, 0.5) is 5.69 Å². The van der Waals surface area contributed by atoms with Crippen LogP contribution in [0.5, 0.6) is 0 Å². The van der Waals surface area contributed by atoms with E-state index in [9.17, 15) is 9.59 Å². The second kappa shape index (κ2) is 8.67. The van der Waals surface area contributed by atoms with Gasteiger partial charge in [-0.05, 0) is 61.5 Å². The number of fused-ring (bicyclic) bond motifs is 1. The first-order chi connectivity index (χ1) is 14.8. The number of hydrogen-bond donors (Lipinski definition) is 1. The number of nitrogens with one attached hydrogen (secondary N) is 1. The largest absolute Gasteiger partial charge is 0.464 e. The Morgan fingerprint density at radius 1 is 1.16 bits per heavy atom. The fourth-order valence-corrected chi connectivity index (χ4v) is 4.52. The molecule has 0 radical (unpaired) electrons. The number of likely N-dealkylation sites (tertiary alicyclic amines) is 1. The van der Waals surface area contributed by atoms with Crippen molar-refractivity contribution in [2.75, 3.05) is 25.0 Å². The van der Waals surface area contributed by atoms with E-state index in [1.807, 2.05) is 24.5 Å². The van der Waals surface area contributed by atoms with E-state index in [1.54, 1.807) is 24.3 Å². The first-order valence-electron chi connectivity index (χ1n) is 10.9. The molecule has 3 aromatic rings. The van der Waals surface area contributed by atoms with Crippen LogP contribution in [0.2, 0.25) is 0 Å². The highest BCUT2D eigenvalue weighted by Crippen LogP contribution is 2.36. The van der Waals surface area contributed by atoms with Gasteiger partial charge in [-0.1, -0.05) is 39.0 Å². The number of aldehydes is 1. The fourth-order valence-electron chi connectivity index (χ4n) is 4.52. The molecule has 0 spiro atoms. The highest BCUT2D eigenvalue weighted by molar-refractivity contribution is 6.09. The van der Waals surface area contributed by atoms with Crippen molar-refractivity contribution >= 4 is 28.8 Å². The highest BCUT2D eigenvalue weighted by Gasteiger charge is 2.26. The average Bonchev–Trinajstić information content (AvgIpc) is 3.16. The molecule has 4 rings (SSSR count). The first kappa shape index (κ1) is 21.3. The third-order valence-electron chi connectivity index (χ3n) is 5.92. The molecule has 1 aliphatic rings. The molecular weight excluding hydrogens is 388 g/mol. The summed E-state index contributed by atoms with van der Waals surface area (Å²) in [6.45, 7) is 10.1. The molecule has 0 bridgehead atoms. The van der Waals surface area contributed by atoms with E-state index >= 15 is 0 Å². The summed E-state index contributed by atoms with van der Waals surface area (Å²) in [5.41, 5.74) is 3.81. The van der Waals surface area contributed by atoms with E-state index in [0.717, 1.165) is 43.4 Å². The second-order valence-electron chi connectivity index (χ2n) is 9.67. The lowest BCUT2D eigenvalue weighted by Crippen LogP contribution is -2.38. The Balaban J connectivity index is 1.51. The van der Waals surface area contributed by atoms with Gasteiger partial charge in [0, 0.05) is 28.7 Å². The summed E-state index contributed by atoms with van der Waals surface area (Å²) < 4.78 is 5.82. The van der Waals surface area contributed by atoms with Gasteiger partial charge in [0.05, 0.1) is 11.8 Å². The van der Waals surface area contributed by atoms with Crippen molar-refractivity contribution in [1.29, 1.82) is 0 Å². The van der Waals surface area contributed by atoms with E-state index in [0.29, 0.717) is 34.4 Å². The van der Waals surface area contributed by atoms with Crippen molar-refractivity contribution in [3.63, 3.8) is 0 Å². The molecule has 162 valence electrons. The van der Waals surface area contributed by atoms with Crippen LogP contribution < -0.4 is 5.32 Å². The van der Waals surface area contributed by atoms with Gasteiger partial charge in [0.25, 0.3) is 5.91 Å². The number of hydrogen-bond acceptors (Lipinski definition) is 4. The minimum Gasteiger partial charge on any atom is -0.464 e. The van der Waals surface area contributed by atoms with Gasteiger partial charge < -0.3 is 14.6 Å². The van der Waals surface area contributed by atoms with Crippen LogP contribution in [0.25, 0.3) is 11.0 Å². The Hall–Kier alpha value is -2.92. The van der Waals surface area contributed by atoms with Crippen LogP contribution in [0.3, 0.4) is 0 Å². The van der Waals surface area contributed by atoms with Crippen LogP contribution in [0, 0.1) is 5.41 Å². The molecule has 0 saturated carbocycles. The zero-order valence-electron chi connectivity index (χ0n) is 18.5. The molecule has 0 atom stereocenters. The Morgan fingerprint density at radius 3 is 2.61 bits per heavy atom. The number of piperidine rings is 1. The van der Waals surface area contributed by atoms with Crippen molar-refractivity contribution < 1.29 is 14.0 Å². The number of rotatable bonds is 5. The molecule has 1 fully saturated rings. The number of carbonyl (C=O) groups is 2. The Labute approximate surface area is 183 Å². The zero-order chi connectivity index (χ0) is 22.0. The topological polar surface area (TPSA) is 62.6 Å². The van der Waals surface area contributed by atoms with Gasteiger partial charge in [0.15, 0.2) is 6.29 Å². The molecule has 5 heteroatoms. The van der Waals surface area contributed by atoms with E-state index < -0.39 is 0 Å². The van der Waals surface area contributed by atoms with Gasteiger partial charge in [0.2, 0.25) is 0 Å². The van der Waals surface area contributed by atoms with Gasteiger partial charge in [-0.3, -0.25) is 9.59 Å². The molecule has 1 aromatic heterocycles. The van der Waals surface area contributed by atoms with Crippen molar-refractivity contribution in [1.82, 2.24) is 4.90 Å². The van der Waals surface area contributed by atoms with Crippen LogP contribution in [-0.4, -0.2) is 36.7 Å². The van der Waals surface area contributed by atoms with E-state index in [2.05, 4.69) is 31.0 Å². The van der Waals surface area contributed by atoms with E-state index in [1.165, 1.54) is 5.56 Å². The minimum atomic E-state index is -0.289. The molecule has 1 N–H and O–H groups in total. The second-order valence-corrected chi connectivity index (χ2v) is 9.67. The molecule has 0 unspecified atom stereocenters.